The van der Waals surface area contributed by atoms with Crippen molar-refractivity contribution in [1.82, 2.24) is 0 Å². The molecule has 0 heteroatoms. The molecule has 0 saturated heterocycles. The third-order valence-electron chi connectivity index (χ3n) is 14.9. The Morgan fingerprint density at radius 3 is 1.43 bits per heavy atom. The standard InChI is InChI=1S/C65H42/c1-65(2)57-38-44-21-10-9-20-43(44)37-56(57)61-49-23-12-11-22-47(49)55-36-45(32-33-52(55)64(61)65)39-28-30-40(31-29-39)46-34-35-54-60-48(46)26-15-27-53(60)62-58(41-16-5-3-6-17-41)50-24-13-14-25-51(50)59(63(54)62)42-18-7-4-8-19-42/h3-38H,1-2H3. The molecule has 0 atom stereocenters. The lowest BCUT2D eigenvalue weighted by atomic mass is 9.78. The summed E-state index contributed by atoms with van der Waals surface area (Å²) in [6, 6.07) is 81.9. The highest BCUT2D eigenvalue weighted by molar-refractivity contribution is 6.29. The first-order valence-corrected chi connectivity index (χ1v) is 22.9. The Labute approximate surface area is 378 Å². The third-order valence-corrected chi connectivity index (χ3v) is 14.9. The van der Waals surface area contributed by atoms with E-state index in [1.54, 1.807) is 0 Å². The summed E-state index contributed by atoms with van der Waals surface area (Å²) in [6.07, 6.45) is 0. The zero-order valence-corrected chi connectivity index (χ0v) is 36.3. The van der Waals surface area contributed by atoms with Gasteiger partial charge in [0.25, 0.3) is 0 Å². The summed E-state index contributed by atoms with van der Waals surface area (Å²) in [5.41, 5.74) is 20.8. The maximum absolute atomic E-state index is 2.44. The van der Waals surface area contributed by atoms with Crippen LogP contribution in [-0.4, -0.2) is 0 Å². The summed E-state index contributed by atoms with van der Waals surface area (Å²) >= 11 is 0. The van der Waals surface area contributed by atoms with Crippen LogP contribution in [0.4, 0.5) is 0 Å². The second-order valence-corrected chi connectivity index (χ2v) is 18.7. The second-order valence-electron chi connectivity index (χ2n) is 18.7. The number of hydrogen-bond acceptors (Lipinski definition) is 0. The quantitative estimate of drug-likeness (QED) is 0.155. The van der Waals surface area contributed by atoms with Crippen LogP contribution in [0.1, 0.15) is 25.0 Å². The second kappa shape index (κ2) is 13.5. The highest BCUT2D eigenvalue weighted by Gasteiger charge is 2.39. The lowest BCUT2D eigenvalue weighted by Crippen LogP contribution is -2.15. The smallest absolute Gasteiger partial charge is 0.0165 e. The van der Waals surface area contributed by atoms with Gasteiger partial charge in [-0.25, -0.2) is 0 Å². The van der Waals surface area contributed by atoms with Gasteiger partial charge in [-0.2, -0.15) is 0 Å². The molecule has 2 aliphatic carbocycles. The molecule has 0 fully saturated rings. The third kappa shape index (κ3) is 5.08. The van der Waals surface area contributed by atoms with Gasteiger partial charge in [0.2, 0.25) is 0 Å². The number of rotatable bonds is 4. The van der Waals surface area contributed by atoms with Crippen LogP contribution < -0.4 is 0 Å². The van der Waals surface area contributed by atoms with E-state index in [0.29, 0.717) is 0 Å². The molecule has 65 heavy (non-hydrogen) atoms. The van der Waals surface area contributed by atoms with Gasteiger partial charge < -0.3 is 0 Å². The molecule has 12 aromatic rings. The van der Waals surface area contributed by atoms with Crippen molar-refractivity contribution in [3.63, 3.8) is 0 Å². The minimum absolute atomic E-state index is 0.138. The van der Waals surface area contributed by atoms with Crippen molar-refractivity contribution in [2.24, 2.45) is 0 Å². The first-order valence-electron chi connectivity index (χ1n) is 22.9. The van der Waals surface area contributed by atoms with Crippen LogP contribution in [0.2, 0.25) is 0 Å². The molecule has 0 heterocycles. The minimum Gasteiger partial charge on any atom is -0.0622 e. The van der Waals surface area contributed by atoms with E-state index in [0.717, 1.165) is 0 Å². The zero-order chi connectivity index (χ0) is 43.0. The summed E-state index contributed by atoms with van der Waals surface area (Å²) in [5.74, 6) is 0. The highest BCUT2D eigenvalue weighted by atomic mass is 14.4. The molecular weight excluding hydrogens is 781 g/mol. The molecule has 0 bridgehead atoms. The molecule has 0 spiro atoms. The van der Waals surface area contributed by atoms with Crippen LogP contribution in [0, 0.1) is 0 Å². The maximum Gasteiger partial charge on any atom is 0.0165 e. The Morgan fingerprint density at radius 2 is 0.769 bits per heavy atom. The van der Waals surface area contributed by atoms with Gasteiger partial charge in [0, 0.05) is 5.41 Å². The Balaban J connectivity index is 0.919. The molecule has 0 aromatic heterocycles. The van der Waals surface area contributed by atoms with E-state index >= 15 is 0 Å². The van der Waals surface area contributed by atoms with Gasteiger partial charge in [-0.1, -0.05) is 214 Å². The molecule has 14 rings (SSSR count). The van der Waals surface area contributed by atoms with E-state index in [9.17, 15) is 0 Å². The van der Waals surface area contributed by atoms with Crippen LogP contribution in [0.25, 0.3) is 132 Å². The Hall–Kier alpha value is -8.06. The van der Waals surface area contributed by atoms with Gasteiger partial charge in [-0.05, 0) is 161 Å². The van der Waals surface area contributed by atoms with Gasteiger partial charge in [0.05, 0.1) is 0 Å². The molecule has 0 aliphatic heterocycles. The number of benzene rings is 12. The fourth-order valence-electron chi connectivity index (χ4n) is 12.1. The number of fused-ring (bicyclic) bond motifs is 13. The Bertz CT molecular complexity index is 3890. The summed E-state index contributed by atoms with van der Waals surface area (Å²) in [5, 5.41) is 13.1. The average molecular weight is 823 g/mol. The lowest BCUT2D eigenvalue weighted by Gasteiger charge is -2.24. The molecule has 302 valence electrons. The minimum atomic E-state index is -0.138. The van der Waals surface area contributed by atoms with Crippen molar-refractivity contribution >= 4 is 53.9 Å². The molecule has 0 amide bonds. The molecule has 0 unspecified atom stereocenters. The molecule has 0 radical (unpaired) electrons. The predicted molar refractivity (Wildman–Crippen MR) is 278 cm³/mol. The van der Waals surface area contributed by atoms with Crippen molar-refractivity contribution < 1.29 is 0 Å². The molecule has 12 aromatic carbocycles. The van der Waals surface area contributed by atoms with Crippen LogP contribution >= 0.6 is 0 Å². The summed E-state index contributed by atoms with van der Waals surface area (Å²) in [4.78, 5) is 0. The van der Waals surface area contributed by atoms with E-state index in [1.165, 1.54) is 143 Å². The molecule has 2 aliphatic rings. The molecule has 0 N–H and O–H groups in total. The zero-order valence-electron chi connectivity index (χ0n) is 36.3. The van der Waals surface area contributed by atoms with E-state index < -0.39 is 0 Å². The Morgan fingerprint density at radius 1 is 0.262 bits per heavy atom. The van der Waals surface area contributed by atoms with Crippen LogP contribution in [-0.2, 0) is 5.41 Å². The summed E-state index contributed by atoms with van der Waals surface area (Å²) < 4.78 is 0. The first kappa shape index (κ1) is 36.4. The van der Waals surface area contributed by atoms with Gasteiger partial charge in [0.15, 0.2) is 0 Å². The molecule has 0 nitrogen and oxygen atoms in total. The monoisotopic (exact) mass is 822 g/mol. The SMILES string of the molecule is CC1(C)c2cc3ccccc3cc2-c2c1c1ccc(-c3ccc(-c4ccc5c6c(cccc46)-c4c-5c(-c5ccccc5)c5ccccc5c4-c4ccccc4)cc3)cc1c1ccccc21. The largest absolute Gasteiger partial charge is 0.0622 e. The van der Waals surface area contributed by atoms with Crippen molar-refractivity contribution in [2.45, 2.75) is 19.3 Å². The van der Waals surface area contributed by atoms with Crippen molar-refractivity contribution in [1.29, 1.82) is 0 Å². The van der Waals surface area contributed by atoms with Crippen LogP contribution in [0.5, 0.6) is 0 Å². The topological polar surface area (TPSA) is 0 Å². The van der Waals surface area contributed by atoms with Crippen molar-refractivity contribution in [3.8, 4) is 77.9 Å². The van der Waals surface area contributed by atoms with Gasteiger partial charge in [0.1, 0.15) is 0 Å². The predicted octanol–water partition coefficient (Wildman–Crippen LogP) is 18.1. The molecule has 0 saturated carbocycles. The van der Waals surface area contributed by atoms with E-state index in [-0.39, 0.29) is 5.41 Å². The van der Waals surface area contributed by atoms with Crippen LogP contribution in [0.15, 0.2) is 218 Å². The van der Waals surface area contributed by atoms with Gasteiger partial charge in [-0.3, -0.25) is 0 Å². The highest BCUT2D eigenvalue weighted by Crippen LogP contribution is 2.59. The van der Waals surface area contributed by atoms with E-state index in [1.807, 2.05) is 0 Å². The summed E-state index contributed by atoms with van der Waals surface area (Å²) in [6.45, 7) is 4.83. The van der Waals surface area contributed by atoms with Gasteiger partial charge in [-0.15, -0.1) is 0 Å². The fraction of sp³-hybridized carbons (Fsp3) is 0.0462. The molecular formula is C65H42. The van der Waals surface area contributed by atoms with Crippen LogP contribution in [0.3, 0.4) is 0 Å². The maximum atomic E-state index is 2.44. The first-order chi connectivity index (χ1) is 32.0. The number of hydrogen-bond donors (Lipinski definition) is 0. The summed E-state index contributed by atoms with van der Waals surface area (Å²) in [7, 11) is 0. The van der Waals surface area contributed by atoms with Gasteiger partial charge >= 0.3 is 0 Å². The van der Waals surface area contributed by atoms with E-state index in [4.69, 9.17) is 0 Å². The fourth-order valence-corrected chi connectivity index (χ4v) is 12.1. The van der Waals surface area contributed by atoms with E-state index in [2.05, 4.69) is 232 Å². The average Bonchev–Trinajstić information content (AvgIpc) is 3.81. The lowest BCUT2D eigenvalue weighted by molar-refractivity contribution is 0.667. The van der Waals surface area contributed by atoms with Crippen molar-refractivity contribution in [2.75, 3.05) is 0 Å². The Kier molecular flexibility index (Phi) is 7.55. The normalized spacial score (nSPS) is 13.2. The van der Waals surface area contributed by atoms with Crippen molar-refractivity contribution in [3.05, 3.63) is 230 Å².